The highest BCUT2D eigenvalue weighted by Gasteiger charge is 2.40. The molecule has 0 aromatic rings. The third kappa shape index (κ3) is 2.34. The van der Waals surface area contributed by atoms with Gasteiger partial charge in [0.2, 0.25) is 11.8 Å². The molecule has 0 radical (unpaired) electrons. The van der Waals surface area contributed by atoms with Gasteiger partial charge in [-0.3, -0.25) is 4.79 Å². The summed E-state index contributed by atoms with van der Waals surface area (Å²) in [4.78, 5) is 13.5. The molecule has 0 bridgehead atoms. The Morgan fingerprint density at radius 1 is 1.44 bits per heavy atom. The first kappa shape index (κ1) is 11.8. The van der Waals surface area contributed by atoms with E-state index >= 15 is 0 Å². The lowest BCUT2D eigenvalue weighted by Crippen LogP contribution is -2.55. The molecular formula is C11H18F2N2O. The Hall–Kier alpha value is -0.710. The van der Waals surface area contributed by atoms with E-state index < -0.39 is 11.8 Å². The van der Waals surface area contributed by atoms with Crippen LogP contribution >= 0.6 is 0 Å². The molecule has 0 spiro atoms. The number of halogens is 2. The molecule has 2 aliphatic heterocycles. The Bertz CT molecular complexity index is 274. The van der Waals surface area contributed by atoms with Crippen LogP contribution in [0, 0.1) is 11.8 Å². The van der Waals surface area contributed by atoms with Gasteiger partial charge in [-0.15, -0.1) is 0 Å². The number of carbonyl (C=O) groups is 1. The quantitative estimate of drug-likeness (QED) is 0.773. The normalized spacial score (nSPS) is 27.7. The Labute approximate surface area is 94.2 Å². The SMILES string of the molecule is CC(F)(F)C1CCCN(C(=O)C2CNC2)C1. The molecule has 2 fully saturated rings. The number of hydrogen-bond acceptors (Lipinski definition) is 2. The van der Waals surface area contributed by atoms with Crippen molar-refractivity contribution in [2.24, 2.45) is 11.8 Å². The van der Waals surface area contributed by atoms with Crippen LogP contribution in [0.15, 0.2) is 0 Å². The van der Waals surface area contributed by atoms with Crippen LogP contribution < -0.4 is 5.32 Å². The van der Waals surface area contributed by atoms with Gasteiger partial charge in [0.1, 0.15) is 0 Å². The summed E-state index contributed by atoms with van der Waals surface area (Å²) in [5, 5.41) is 3.03. The molecule has 1 unspecified atom stereocenters. The Kier molecular flexibility index (Phi) is 3.15. The number of carbonyl (C=O) groups excluding carboxylic acids is 1. The molecule has 2 rings (SSSR count). The van der Waals surface area contributed by atoms with Crippen molar-refractivity contribution < 1.29 is 13.6 Å². The topological polar surface area (TPSA) is 32.3 Å². The van der Waals surface area contributed by atoms with Gasteiger partial charge < -0.3 is 10.2 Å². The van der Waals surface area contributed by atoms with Crippen molar-refractivity contribution in [2.75, 3.05) is 26.2 Å². The van der Waals surface area contributed by atoms with E-state index in [1.165, 1.54) is 0 Å². The van der Waals surface area contributed by atoms with E-state index in [1.807, 2.05) is 0 Å². The highest BCUT2D eigenvalue weighted by molar-refractivity contribution is 5.80. The van der Waals surface area contributed by atoms with E-state index in [-0.39, 0.29) is 18.4 Å². The predicted octanol–water partition coefficient (Wildman–Crippen LogP) is 1.10. The Morgan fingerprint density at radius 2 is 2.12 bits per heavy atom. The van der Waals surface area contributed by atoms with Gasteiger partial charge in [-0.25, -0.2) is 8.78 Å². The van der Waals surface area contributed by atoms with Gasteiger partial charge in [-0.1, -0.05) is 0 Å². The third-order valence-electron chi connectivity index (χ3n) is 3.58. The first-order valence-corrected chi connectivity index (χ1v) is 5.86. The van der Waals surface area contributed by atoms with Crippen molar-refractivity contribution in [1.29, 1.82) is 0 Å². The van der Waals surface area contributed by atoms with E-state index in [2.05, 4.69) is 5.32 Å². The smallest absolute Gasteiger partial charge is 0.249 e. The average molecular weight is 232 g/mol. The Balaban J connectivity index is 1.93. The third-order valence-corrected chi connectivity index (χ3v) is 3.58. The minimum absolute atomic E-state index is 0.0178. The summed E-state index contributed by atoms with van der Waals surface area (Å²) in [5.74, 6) is -3.27. The van der Waals surface area contributed by atoms with E-state index in [0.717, 1.165) is 6.92 Å². The van der Waals surface area contributed by atoms with Crippen molar-refractivity contribution in [3.63, 3.8) is 0 Å². The fraction of sp³-hybridized carbons (Fsp3) is 0.909. The maximum absolute atomic E-state index is 13.2. The van der Waals surface area contributed by atoms with Gasteiger partial charge in [-0.2, -0.15) is 0 Å². The molecule has 3 nitrogen and oxygen atoms in total. The van der Waals surface area contributed by atoms with Crippen LogP contribution in [0.3, 0.4) is 0 Å². The molecule has 2 saturated heterocycles. The number of amides is 1. The van der Waals surface area contributed by atoms with Crippen LogP contribution in [0.1, 0.15) is 19.8 Å². The molecule has 16 heavy (non-hydrogen) atoms. The largest absolute Gasteiger partial charge is 0.342 e. The molecule has 0 aromatic carbocycles. The standard InChI is InChI=1S/C11H18F2N2O/c1-11(12,13)9-3-2-4-15(7-9)10(16)8-5-14-6-8/h8-9,14H,2-7H2,1H3. The molecule has 92 valence electrons. The number of nitrogens with zero attached hydrogens (tertiary/aromatic N) is 1. The van der Waals surface area contributed by atoms with E-state index in [9.17, 15) is 13.6 Å². The minimum Gasteiger partial charge on any atom is -0.342 e. The fourth-order valence-corrected chi connectivity index (χ4v) is 2.31. The predicted molar refractivity (Wildman–Crippen MR) is 56.3 cm³/mol. The Morgan fingerprint density at radius 3 is 2.62 bits per heavy atom. The molecule has 2 heterocycles. The number of likely N-dealkylation sites (tertiary alicyclic amines) is 1. The maximum Gasteiger partial charge on any atom is 0.249 e. The second kappa shape index (κ2) is 4.28. The molecule has 0 saturated carbocycles. The summed E-state index contributed by atoms with van der Waals surface area (Å²) in [7, 11) is 0. The van der Waals surface area contributed by atoms with Crippen molar-refractivity contribution in [1.82, 2.24) is 10.2 Å². The molecule has 0 aromatic heterocycles. The number of piperidine rings is 1. The van der Waals surface area contributed by atoms with E-state index in [1.54, 1.807) is 4.90 Å². The molecule has 1 amide bonds. The van der Waals surface area contributed by atoms with Crippen molar-refractivity contribution in [2.45, 2.75) is 25.7 Å². The van der Waals surface area contributed by atoms with E-state index in [4.69, 9.17) is 0 Å². The number of hydrogen-bond donors (Lipinski definition) is 1. The molecule has 5 heteroatoms. The van der Waals surface area contributed by atoms with Crippen LogP contribution in [0.5, 0.6) is 0 Å². The summed E-state index contributed by atoms with van der Waals surface area (Å²) < 4.78 is 26.4. The van der Waals surface area contributed by atoms with Crippen LogP contribution in [-0.2, 0) is 4.79 Å². The van der Waals surface area contributed by atoms with Gasteiger partial charge in [-0.05, 0) is 19.8 Å². The zero-order chi connectivity index (χ0) is 11.8. The monoisotopic (exact) mass is 232 g/mol. The average Bonchev–Trinajstić information content (AvgIpc) is 2.14. The zero-order valence-electron chi connectivity index (χ0n) is 9.51. The lowest BCUT2D eigenvalue weighted by atomic mass is 9.91. The minimum atomic E-state index is -2.67. The van der Waals surface area contributed by atoms with Gasteiger partial charge in [0, 0.05) is 32.1 Å². The number of nitrogens with one attached hydrogen (secondary N) is 1. The second-order valence-electron chi connectivity index (χ2n) is 4.93. The summed E-state index contributed by atoms with van der Waals surface area (Å²) in [5.41, 5.74) is 0. The van der Waals surface area contributed by atoms with Crippen molar-refractivity contribution in [3.05, 3.63) is 0 Å². The summed E-state index contributed by atoms with van der Waals surface area (Å²) >= 11 is 0. The van der Waals surface area contributed by atoms with Crippen LogP contribution in [0.4, 0.5) is 8.78 Å². The van der Waals surface area contributed by atoms with Crippen LogP contribution in [0.25, 0.3) is 0 Å². The van der Waals surface area contributed by atoms with Crippen LogP contribution in [0.2, 0.25) is 0 Å². The van der Waals surface area contributed by atoms with Gasteiger partial charge in [0.25, 0.3) is 0 Å². The number of alkyl halides is 2. The van der Waals surface area contributed by atoms with Crippen molar-refractivity contribution >= 4 is 5.91 Å². The molecule has 0 aliphatic carbocycles. The lowest BCUT2D eigenvalue weighted by molar-refractivity contribution is -0.142. The first-order chi connectivity index (χ1) is 7.48. The first-order valence-electron chi connectivity index (χ1n) is 5.86. The van der Waals surface area contributed by atoms with Gasteiger partial charge in [0.05, 0.1) is 5.92 Å². The molecule has 2 aliphatic rings. The van der Waals surface area contributed by atoms with E-state index in [0.29, 0.717) is 32.5 Å². The molecule has 1 atom stereocenters. The summed E-state index contributed by atoms with van der Waals surface area (Å²) in [6.07, 6.45) is 1.22. The summed E-state index contributed by atoms with van der Waals surface area (Å²) in [6.45, 7) is 3.21. The van der Waals surface area contributed by atoms with Gasteiger partial charge in [0.15, 0.2) is 0 Å². The molecule has 1 N–H and O–H groups in total. The van der Waals surface area contributed by atoms with Crippen molar-refractivity contribution in [3.8, 4) is 0 Å². The zero-order valence-corrected chi connectivity index (χ0v) is 9.51. The number of rotatable bonds is 2. The lowest BCUT2D eigenvalue weighted by Gasteiger charge is -2.39. The molecular weight excluding hydrogens is 214 g/mol. The highest BCUT2D eigenvalue weighted by atomic mass is 19.3. The highest BCUT2D eigenvalue weighted by Crippen LogP contribution is 2.32. The fourth-order valence-electron chi connectivity index (χ4n) is 2.31. The summed E-state index contributed by atoms with van der Waals surface area (Å²) in [6, 6.07) is 0. The van der Waals surface area contributed by atoms with Crippen LogP contribution in [-0.4, -0.2) is 42.9 Å². The maximum atomic E-state index is 13.2. The van der Waals surface area contributed by atoms with Gasteiger partial charge >= 0.3 is 0 Å². The second-order valence-corrected chi connectivity index (χ2v) is 4.93.